The first-order chi connectivity index (χ1) is 17.4. The summed E-state index contributed by atoms with van der Waals surface area (Å²) in [5.41, 5.74) is 16.7. The maximum atomic E-state index is 12.8. The molecule has 9 heteroatoms. The van der Waals surface area contributed by atoms with E-state index in [0.717, 1.165) is 40.9 Å². The van der Waals surface area contributed by atoms with Crippen molar-refractivity contribution in [2.45, 2.75) is 39.2 Å². The van der Waals surface area contributed by atoms with Crippen molar-refractivity contribution in [3.63, 3.8) is 0 Å². The third kappa shape index (κ3) is 4.92. The zero-order chi connectivity index (χ0) is 25.8. The minimum Gasteiger partial charge on any atom is -0.469 e. The summed E-state index contributed by atoms with van der Waals surface area (Å²) < 4.78 is 9.88. The van der Waals surface area contributed by atoms with Crippen molar-refractivity contribution in [3.8, 4) is 0 Å². The highest BCUT2D eigenvalue weighted by Crippen LogP contribution is 2.38. The molecule has 0 fully saturated rings. The first kappa shape index (κ1) is 25.2. The minimum absolute atomic E-state index is 0.157. The summed E-state index contributed by atoms with van der Waals surface area (Å²) in [7, 11) is 3.26. The molecule has 2 aromatic carbocycles. The van der Waals surface area contributed by atoms with Crippen LogP contribution in [-0.4, -0.2) is 49.2 Å². The van der Waals surface area contributed by atoms with Gasteiger partial charge >= 0.3 is 5.97 Å². The first-order valence-electron chi connectivity index (χ1n) is 12.1. The summed E-state index contributed by atoms with van der Waals surface area (Å²) in [5.74, 6) is -0.700. The number of carbonyl (C=O) groups excluding carboxylic acids is 2. The summed E-state index contributed by atoms with van der Waals surface area (Å²) in [6.45, 7) is 5.86. The molecule has 1 aliphatic rings. The van der Waals surface area contributed by atoms with Gasteiger partial charge in [0.2, 0.25) is 0 Å². The zero-order valence-corrected chi connectivity index (χ0v) is 21.2. The van der Waals surface area contributed by atoms with E-state index in [1.165, 1.54) is 18.9 Å². The van der Waals surface area contributed by atoms with Gasteiger partial charge in [-0.1, -0.05) is 29.4 Å². The molecule has 2 heterocycles. The van der Waals surface area contributed by atoms with Gasteiger partial charge in [-0.3, -0.25) is 9.59 Å². The van der Waals surface area contributed by atoms with Crippen LogP contribution in [0.25, 0.3) is 0 Å². The Kier molecular flexibility index (Phi) is 7.59. The van der Waals surface area contributed by atoms with Gasteiger partial charge in [-0.15, -0.1) is 0 Å². The molecular formula is C27H33N5O4. The van der Waals surface area contributed by atoms with Crippen LogP contribution in [0.5, 0.6) is 0 Å². The highest BCUT2D eigenvalue weighted by Gasteiger charge is 2.27. The van der Waals surface area contributed by atoms with E-state index in [9.17, 15) is 9.59 Å². The van der Waals surface area contributed by atoms with Gasteiger partial charge in [0.1, 0.15) is 6.26 Å². The molecule has 0 saturated heterocycles. The van der Waals surface area contributed by atoms with Crippen molar-refractivity contribution < 1.29 is 18.8 Å². The number of nitrogens with zero attached hydrogens (tertiary/aromatic N) is 3. The minimum atomic E-state index is -0.298. The molecule has 4 rings (SSSR count). The summed E-state index contributed by atoms with van der Waals surface area (Å²) in [6, 6.07) is 11.9. The van der Waals surface area contributed by atoms with Crippen LogP contribution in [0.2, 0.25) is 0 Å². The maximum absolute atomic E-state index is 12.8. The first-order valence-corrected chi connectivity index (χ1v) is 12.1. The van der Waals surface area contributed by atoms with Crippen molar-refractivity contribution in [1.82, 2.24) is 15.5 Å². The van der Waals surface area contributed by atoms with Crippen molar-refractivity contribution in [3.05, 3.63) is 76.2 Å². The molecular weight excluding hydrogens is 458 g/mol. The van der Waals surface area contributed by atoms with E-state index in [-0.39, 0.29) is 24.2 Å². The molecule has 1 aromatic heterocycles. The number of methoxy groups -OCH3 is 1. The molecule has 1 aliphatic heterocycles. The van der Waals surface area contributed by atoms with Crippen LogP contribution in [-0.2, 0) is 22.5 Å². The Hall–Kier alpha value is -3.85. The Morgan fingerprint density at radius 2 is 2.06 bits per heavy atom. The summed E-state index contributed by atoms with van der Waals surface area (Å²) in [4.78, 5) is 27.1. The number of aromatic nitrogens is 1. The molecule has 3 aromatic rings. The Balaban J connectivity index is 1.70. The van der Waals surface area contributed by atoms with E-state index < -0.39 is 0 Å². The number of nitrogen functional groups attached to an aromatic ring is 1. The number of nitrogens with two attached hydrogens (primary N) is 1. The van der Waals surface area contributed by atoms with Crippen molar-refractivity contribution in [2.75, 3.05) is 38.0 Å². The second kappa shape index (κ2) is 10.8. The second-order valence-electron chi connectivity index (χ2n) is 8.90. The molecule has 0 saturated carbocycles. The van der Waals surface area contributed by atoms with E-state index in [2.05, 4.69) is 28.8 Å². The topological polar surface area (TPSA) is 114 Å². The fraction of sp³-hybridized carbons (Fsp3) is 0.370. The van der Waals surface area contributed by atoms with Gasteiger partial charge in [0.05, 0.1) is 24.9 Å². The molecule has 0 radical (unpaired) electrons. The van der Waals surface area contributed by atoms with Crippen molar-refractivity contribution in [2.24, 2.45) is 0 Å². The van der Waals surface area contributed by atoms with E-state index in [1.807, 2.05) is 38.0 Å². The number of carbonyl (C=O) groups is 2. The standard InChI is InChI=1S/C27H33N5O4/c1-5-32(29-3)24-9-8-21(17(2)26(24)28)22(15-25(33)35-4)19-7-6-18-10-12-31(16-20(18)14-19)27(34)23-11-13-36-30-23/h6-9,11,13-14,22,29H,5,10,12,15-16,28H2,1-4H3. The number of ether oxygens (including phenoxy) is 1. The van der Waals surface area contributed by atoms with Crippen LogP contribution in [0.1, 0.15) is 57.6 Å². The monoisotopic (exact) mass is 491 g/mol. The number of hydrogen-bond acceptors (Lipinski definition) is 8. The van der Waals surface area contributed by atoms with Crippen LogP contribution in [0.15, 0.2) is 47.2 Å². The molecule has 0 aliphatic carbocycles. The van der Waals surface area contributed by atoms with E-state index in [4.69, 9.17) is 15.0 Å². The predicted octanol–water partition coefficient (Wildman–Crippen LogP) is 3.42. The third-order valence-electron chi connectivity index (χ3n) is 6.97. The Labute approximate surface area is 211 Å². The number of fused-ring (bicyclic) bond motifs is 1. The van der Waals surface area contributed by atoms with Crippen LogP contribution in [0.3, 0.4) is 0 Å². The fourth-order valence-corrected chi connectivity index (χ4v) is 4.90. The fourth-order valence-electron chi connectivity index (χ4n) is 4.90. The largest absolute Gasteiger partial charge is 0.469 e. The molecule has 0 spiro atoms. The maximum Gasteiger partial charge on any atom is 0.306 e. The lowest BCUT2D eigenvalue weighted by molar-refractivity contribution is -0.140. The van der Waals surface area contributed by atoms with Crippen molar-refractivity contribution >= 4 is 23.3 Å². The smallest absolute Gasteiger partial charge is 0.306 e. The zero-order valence-electron chi connectivity index (χ0n) is 21.2. The summed E-state index contributed by atoms with van der Waals surface area (Å²) >= 11 is 0. The van der Waals surface area contributed by atoms with Gasteiger partial charge in [-0.25, -0.2) is 5.43 Å². The van der Waals surface area contributed by atoms with E-state index in [1.54, 1.807) is 11.0 Å². The van der Waals surface area contributed by atoms with Crippen LogP contribution in [0.4, 0.5) is 11.4 Å². The summed E-state index contributed by atoms with van der Waals surface area (Å²) in [5, 5.41) is 5.76. The summed E-state index contributed by atoms with van der Waals surface area (Å²) in [6.07, 6.45) is 2.33. The normalized spacial score (nSPS) is 13.7. The lowest BCUT2D eigenvalue weighted by Crippen LogP contribution is -2.36. The molecule has 9 nitrogen and oxygen atoms in total. The number of hydrogen-bond donors (Lipinski definition) is 2. The van der Waals surface area contributed by atoms with Gasteiger partial charge in [0, 0.05) is 38.7 Å². The van der Waals surface area contributed by atoms with Gasteiger partial charge in [0.15, 0.2) is 5.69 Å². The second-order valence-corrected chi connectivity index (χ2v) is 8.90. The number of benzene rings is 2. The quantitative estimate of drug-likeness (QED) is 0.280. The number of anilines is 2. The van der Waals surface area contributed by atoms with Crippen molar-refractivity contribution in [1.29, 1.82) is 0 Å². The highest BCUT2D eigenvalue weighted by molar-refractivity contribution is 5.92. The van der Waals surface area contributed by atoms with Crippen LogP contribution < -0.4 is 16.2 Å². The lowest BCUT2D eigenvalue weighted by Gasteiger charge is -2.30. The molecule has 36 heavy (non-hydrogen) atoms. The molecule has 1 atom stereocenters. The van der Waals surface area contributed by atoms with Gasteiger partial charge < -0.3 is 24.9 Å². The Morgan fingerprint density at radius 1 is 1.25 bits per heavy atom. The van der Waals surface area contributed by atoms with Crippen LogP contribution in [0, 0.1) is 6.92 Å². The average molecular weight is 492 g/mol. The van der Waals surface area contributed by atoms with E-state index >= 15 is 0 Å². The van der Waals surface area contributed by atoms with Gasteiger partial charge in [-0.2, -0.15) is 0 Å². The number of rotatable bonds is 8. The van der Waals surface area contributed by atoms with Crippen LogP contribution >= 0.6 is 0 Å². The highest BCUT2D eigenvalue weighted by atomic mass is 16.5. The molecule has 190 valence electrons. The number of hydrazine groups is 1. The number of esters is 1. The lowest BCUT2D eigenvalue weighted by atomic mass is 9.83. The Morgan fingerprint density at radius 3 is 2.72 bits per heavy atom. The SMILES string of the molecule is CCN(NC)c1ccc(C(CC(=O)OC)c2ccc3c(c2)CN(C(=O)c2ccon2)CC3)c(C)c1N. The number of amides is 1. The average Bonchev–Trinajstić information content (AvgIpc) is 3.44. The third-order valence-corrected chi connectivity index (χ3v) is 6.97. The Bertz CT molecular complexity index is 1240. The van der Waals surface area contributed by atoms with Gasteiger partial charge in [0.25, 0.3) is 5.91 Å². The van der Waals surface area contributed by atoms with Gasteiger partial charge in [-0.05, 0) is 54.2 Å². The molecule has 1 unspecified atom stereocenters. The number of nitrogens with one attached hydrogen (secondary N) is 1. The predicted molar refractivity (Wildman–Crippen MR) is 138 cm³/mol. The molecule has 1 amide bonds. The van der Waals surface area contributed by atoms with E-state index in [0.29, 0.717) is 24.5 Å². The molecule has 3 N–H and O–H groups in total. The molecule has 0 bridgehead atoms.